The second-order valence-electron chi connectivity index (χ2n) is 8.62. The maximum atomic E-state index is 13.2. The fraction of sp³-hybridized carbons (Fsp3) is 0.565. The van der Waals surface area contributed by atoms with Crippen LogP contribution in [0.1, 0.15) is 74.3 Å². The Morgan fingerprint density at radius 1 is 1.25 bits per heavy atom. The summed E-state index contributed by atoms with van der Waals surface area (Å²) in [6, 6.07) is 3.01. The van der Waals surface area contributed by atoms with Gasteiger partial charge in [0.2, 0.25) is 0 Å². The number of ether oxygens (including phenoxy) is 1. The van der Waals surface area contributed by atoms with E-state index >= 15 is 0 Å². The molecule has 9 nitrogen and oxygen atoms in total. The van der Waals surface area contributed by atoms with Crippen LogP contribution in [0, 0.1) is 5.92 Å². The minimum atomic E-state index is -0.920. The third-order valence-electron chi connectivity index (χ3n) is 6.03. The number of hydrogen-bond donors (Lipinski definition) is 3. The van der Waals surface area contributed by atoms with E-state index in [4.69, 9.17) is 4.74 Å². The first kappa shape index (κ1) is 23.6. The summed E-state index contributed by atoms with van der Waals surface area (Å²) in [7, 11) is 1.32. The third kappa shape index (κ3) is 5.38. The Hall–Kier alpha value is -3.10. The summed E-state index contributed by atoms with van der Waals surface area (Å²) in [6.07, 6.45) is 6.78. The van der Waals surface area contributed by atoms with Crippen LogP contribution in [-0.4, -0.2) is 52.0 Å². The van der Waals surface area contributed by atoms with Crippen molar-refractivity contribution < 1.29 is 24.2 Å². The fourth-order valence-corrected chi connectivity index (χ4v) is 4.38. The highest BCUT2D eigenvalue weighted by Gasteiger charge is 2.29. The molecule has 9 heteroatoms. The van der Waals surface area contributed by atoms with Crippen LogP contribution in [0.15, 0.2) is 18.3 Å². The van der Waals surface area contributed by atoms with Gasteiger partial charge in [-0.25, -0.2) is 4.98 Å². The van der Waals surface area contributed by atoms with E-state index in [1.807, 2.05) is 13.8 Å². The van der Waals surface area contributed by atoms with Gasteiger partial charge >= 0.3 is 11.9 Å². The van der Waals surface area contributed by atoms with E-state index < -0.39 is 18.0 Å². The number of aliphatic carboxylic acids is 1. The van der Waals surface area contributed by atoms with Gasteiger partial charge in [-0.3, -0.25) is 18.8 Å². The number of amides is 1. The zero-order valence-corrected chi connectivity index (χ0v) is 18.9. The van der Waals surface area contributed by atoms with Crippen LogP contribution >= 0.6 is 0 Å². The van der Waals surface area contributed by atoms with E-state index in [9.17, 15) is 19.5 Å². The molecule has 0 aliphatic heterocycles. The van der Waals surface area contributed by atoms with Crippen LogP contribution in [0.5, 0.6) is 0 Å². The molecule has 0 aromatic carbocycles. The van der Waals surface area contributed by atoms with Crippen molar-refractivity contribution in [3.05, 3.63) is 29.6 Å². The van der Waals surface area contributed by atoms with Crippen molar-refractivity contribution in [2.75, 3.05) is 19.0 Å². The number of nitrogens with one attached hydrogen (secondary N) is 2. The van der Waals surface area contributed by atoms with Gasteiger partial charge in [0, 0.05) is 12.2 Å². The van der Waals surface area contributed by atoms with Gasteiger partial charge in [-0.15, -0.1) is 0 Å². The number of carboxylic acids is 1. The number of carbonyl (C=O) groups is 3. The maximum Gasteiger partial charge on any atom is 0.325 e. The Bertz CT molecular complexity index is 978. The number of esters is 1. The topological polar surface area (TPSA) is 122 Å². The molecule has 0 spiro atoms. The molecule has 0 saturated heterocycles. The molecule has 2 aromatic rings. The third-order valence-corrected chi connectivity index (χ3v) is 6.03. The van der Waals surface area contributed by atoms with Gasteiger partial charge in [-0.2, -0.15) is 0 Å². The van der Waals surface area contributed by atoms with Crippen molar-refractivity contribution >= 4 is 29.3 Å². The number of nitrogens with zero attached hydrogens (tertiary/aromatic N) is 2. The van der Waals surface area contributed by atoms with E-state index in [2.05, 4.69) is 15.6 Å². The van der Waals surface area contributed by atoms with E-state index in [1.165, 1.54) is 7.11 Å². The quantitative estimate of drug-likeness (QED) is 0.508. The predicted octanol–water partition coefficient (Wildman–Crippen LogP) is 3.20. The van der Waals surface area contributed by atoms with Gasteiger partial charge in [0.25, 0.3) is 5.91 Å². The molecule has 1 fully saturated rings. The van der Waals surface area contributed by atoms with Crippen LogP contribution in [0.4, 0.5) is 5.82 Å². The average molecular weight is 445 g/mol. The van der Waals surface area contributed by atoms with Crippen LogP contribution < -0.4 is 10.6 Å². The van der Waals surface area contributed by atoms with Crippen molar-refractivity contribution in [1.29, 1.82) is 0 Å². The standard InChI is InChI=1S/C23H32N4O5/c1-14(2)20-22(24-13-19(30)32-3)27-11-7-10-16(21(27)26-20)23(31)25-17(12-18(28)29)15-8-5-4-6-9-15/h7,10-11,14-15,17,24H,4-6,8-9,12-13H2,1-3H3,(H,25,31)(H,28,29). The van der Waals surface area contributed by atoms with Gasteiger partial charge in [-0.05, 0) is 36.8 Å². The Morgan fingerprint density at radius 3 is 2.59 bits per heavy atom. The normalized spacial score (nSPS) is 15.5. The predicted molar refractivity (Wildman–Crippen MR) is 120 cm³/mol. The van der Waals surface area contributed by atoms with Crippen LogP contribution in [0.3, 0.4) is 0 Å². The summed E-state index contributed by atoms with van der Waals surface area (Å²) in [5.74, 6) is -0.833. The number of carboxylic acid groups (broad SMARTS) is 1. The molecule has 1 aliphatic rings. The Balaban J connectivity index is 1.92. The largest absolute Gasteiger partial charge is 0.481 e. The number of aromatic nitrogens is 2. The number of fused-ring (bicyclic) bond motifs is 1. The highest BCUT2D eigenvalue weighted by molar-refractivity contribution is 6.00. The fourth-order valence-electron chi connectivity index (χ4n) is 4.38. The Kier molecular flexibility index (Phi) is 7.71. The molecule has 0 radical (unpaired) electrons. The molecule has 3 rings (SSSR count). The number of anilines is 1. The maximum absolute atomic E-state index is 13.2. The molecule has 2 aromatic heterocycles. The van der Waals surface area contributed by atoms with Gasteiger partial charge in [-0.1, -0.05) is 33.1 Å². The Morgan fingerprint density at radius 2 is 1.97 bits per heavy atom. The van der Waals surface area contributed by atoms with Crippen LogP contribution in [0.25, 0.3) is 5.65 Å². The first-order valence-electron chi connectivity index (χ1n) is 11.2. The average Bonchev–Trinajstić information content (AvgIpc) is 3.16. The van der Waals surface area contributed by atoms with E-state index in [0.717, 1.165) is 37.8 Å². The lowest BCUT2D eigenvalue weighted by molar-refractivity contribution is -0.139. The summed E-state index contributed by atoms with van der Waals surface area (Å²) in [5.41, 5.74) is 1.55. The molecule has 2 heterocycles. The van der Waals surface area contributed by atoms with Crippen molar-refractivity contribution in [2.24, 2.45) is 5.92 Å². The molecule has 32 heavy (non-hydrogen) atoms. The van der Waals surface area contributed by atoms with Gasteiger partial charge < -0.3 is 20.5 Å². The summed E-state index contributed by atoms with van der Waals surface area (Å²) in [6.45, 7) is 3.94. The highest BCUT2D eigenvalue weighted by atomic mass is 16.5. The molecule has 1 unspecified atom stereocenters. The van der Waals surface area contributed by atoms with Crippen LogP contribution in [0.2, 0.25) is 0 Å². The second-order valence-corrected chi connectivity index (χ2v) is 8.62. The summed E-state index contributed by atoms with van der Waals surface area (Å²) < 4.78 is 6.46. The van der Waals surface area contributed by atoms with Gasteiger partial charge in [0.15, 0.2) is 5.65 Å². The lowest BCUT2D eigenvalue weighted by Crippen LogP contribution is -2.42. The lowest BCUT2D eigenvalue weighted by Gasteiger charge is -2.30. The number of rotatable bonds is 9. The molecule has 1 aliphatic carbocycles. The molecule has 1 amide bonds. The smallest absolute Gasteiger partial charge is 0.325 e. The summed E-state index contributed by atoms with van der Waals surface area (Å²) in [4.78, 5) is 41.0. The van der Waals surface area contributed by atoms with Gasteiger partial charge in [0.05, 0.1) is 24.8 Å². The zero-order chi connectivity index (χ0) is 23.3. The Labute approximate surface area is 187 Å². The molecular weight excluding hydrogens is 412 g/mol. The van der Waals surface area contributed by atoms with Gasteiger partial charge in [0.1, 0.15) is 12.4 Å². The number of methoxy groups -OCH3 is 1. The van der Waals surface area contributed by atoms with Crippen molar-refractivity contribution in [1.82, 2.24) is 14.7 Å². The SMILES string of the molecule is COC(=O)CNc1c(C(C)C)nc2c(C(=O)NC(CC(=O)O)C3CCCCC3)cccn12. The van der Waals surface area contributed by atoms with Crippen molar-refractivity contribution in [3.63, 3.8) is 0 Å². The number of hydrogen-bond acceptors (Lipinski definition) is 6. The number of carbonyl (C=O) groups excluding carboxylic acids is 2. The summed E-state index contributed by atoms with van der Waals surface area (Å²) >= 11 is 0. The highest BCUT2D eigenvalue weighted by Crippen LogP contribution is 2.29. The molecule has 3 N–H and O–H groups in total. The minimum Gasteiger partial charge on any atom is -0.481 e. The van der Waals surface area contributed by atoms with E-state index in [-0.39, 0.29) is 30.7 Å². The van der Waals surface area contributed by atoms with E-state index in [1.54, 1.807) is 22.7 Å². The second kappa shape index (κ2) is 10.5. The monoisotopic (exact) mass is 444 g/mol. The minimum absolute atomic E-state index is 0.0250. The van der Waals surface area contributed by atoms with Crippen LogP contribution in [-0.2, 0) is 14.3 Å². The molecular formula is C23H32N4O5. The zero-order valence-electron chi connectivity index (χ0n) is 18.9. The lowest BCUT2D eigenvalue weighted by atomic mass is 9.82. The molecule has 1 saturated carbocycles. The van der Waals surface area contributed by atoms with Crippen molar-refractivity contribution in [2.45, 2.75) is 64.3 Å². The molecule has 1 atom stereocenters. The molecule has 174 valence electrons. The first-order valence-corrected chi connectivity index (χ1v) is 11.2. The van der Waals surface area contributed by atoms with E-state index in [0.29, 0.717) is 17.0 Å². The number of imidazole rings is 1. The summed E-state index contributed by atoms with van der Waals surface area (Å²) in [5, 5.41) is 15.4. The van der Waals surface area contributed by atoms with Crippen molar-refractivity contribution in [3.8, 4) is 0 Å². The number of pyridine rings is 1. The molecule has 0 bridgehead atoms. The first-order chi connectivity index (χ1) is 15.3.